The summed E-state index contributed by atoms with van der Waals surface area (Å²) in [4.78, 5) is 31.4. The van der Waals surface area contributed by atoms with Gasteiger partial charge in [-0.25, -0.2) is 9.78 Å². The Morgan fingerprint density at radius 1 is 1.09 bits per heavy atom. The van der Waals surface area contributed by atoms with Crippen molar-refractivity contribution in [1.82, 2.24) is 19.8 Å². The number of nitrogens with one attached hydrogen (secondary N) is 2. The number of imidazole rings is 1. The van der Waals surface area contributed by atoms with Gasteiger partial charge in [-0.2, -0.15) is 0 Å². The molecule has 0 atom stereocenters. The Bertz CT molecular complexity index is 1360. The number of hydrogen-bond donors (Lipinski definition) is 2. The molecular formula is C25H23N5O3. The molecule has 1 saturated heterocycles. The maximum absolute atomic E-state index is 12.9. The Morgan fingerprint density at radius 2 is 1.94 bits per heavy atom. The zero-order valence-electron chi connectivity index (χ0n) is 18.0. The van der Waals surface area contributed by atoms with E-state index in [1.165, 1.54) is 5.56 Å². The Balaban J connectivity index is 1.16. The summed E-state index contributed by atoms with van der Waals surface area (Å²) in [5.74, 6) is 0.517. The van der Waals surface area contributed by atoms with Crippen molar-refractivity contribution in [2.24, 2.45) is 0 Å². The first kappa shape index (κ1) is 19.6. The average molecular weight is 441 g/mol. The highest BCUT2D eigenvalue weighted by atomic mass is 16.3. The second kappa shape index (κ2) is 7.51. The molecule has 3 amide bonds. The van der Waals surface area contributed by atoms with Gasteiger partial charge in [0.2, 0.25) is 5.91 Å². The van der Waals surface area contributed by atoms with Gasteiger partial charge in [0.05, 0.1) is 30.1 Å². The lowest BCUT2D eigenvalue weighted by Gasteiger charge is -2.45. The number of piperidine rings is 1. The average Bonchev–Trinajstić information content (AvgIpc) is 3.49. The van der Waals surface area contributed by atoms with Crippen molar-refractivity contribution in [2.75, 3.05) is 18.4 Å². The molecule has 0 radical (unpaired) electrons. The van der Waals surface area contributed by atoms with Crippen molar-refractivity contribution in [2.45, 2.75) is 24.8 Å². The Hall–Kier alpha value is -4.07. The molecule has 0 saturated carbocycles. The van der Waals surface area contributed by atoms with Gasteiger partial charge in [0.1, 0.15) is 6.33 Å². The molecule has 4 heterocycles. The summed E-state index contributed by atoms with van der Waals surface area (Å²) >= 11 is 0. The third-order valence-corrected chi connectivity index (χ3v) is 6.72. The van der Waals surface area contributed by atoms with Gasteiger partial charge in [0, 0.05) is 18.5 Å². The summed E-state index contributed by atoms with van der Waals surface area (Å²) in [5, 5.41) is 7.11. The zero-order chi connectivity index (χ0) is 22.4. The highest BCUT2D eigenvalue weighted by Crippen LogP contribution is 2.37. The van der Waals surface area contributed by atoms with Crippen molar-refractivity contribution in [3.63, 3.8) is 0 Å². The maximum Gasteiger partial charge on any atom is 0.323 e. The Labute approximate surface area is 190 Å². The molecule has 6 rings (SSSR count). The molecule has 0 aliphatic carbocycles. The second-order valence-electron chi connectivity index (χ2n) is 8.66. The number of hydrogen-bond acceptors (Lipinski definition) is 4. The Kier molecular flexibility index (Phi) is 4.46. The van der Waals surface area contributed by atoms with Crippen LogP contribution >= 0.6 is 0 Å². The van der Waals surface area contributed by atoms with Crippen molar-refractivity contribution >= 4 is 28.7 Å². The molecule has 1 fully saturated rings. The summed E-state index contributed by atoms with van der Waals surface area (Å²) in [5.41, 5.74) is 3.49. The number of para-hydroxylation sites is 1. The van der Waals surface area contributed by atoms with Crippen LogP contribution in [0.5, 0.6) is 0 Å². The quantitative estimate of drug-likeness (QED) is 0.495. The number of carbonyl (C=O) groups is 2. The number of carbonyl (C=O) groups excluding carboxylic acids is 2. The van der Waals surface area contributed by atoms with Gasteiger partial charge in [-0.1, -0.05) is 36.4 Å². The highest BCUT2D eigenvalue weighted by Gasteiger charge is 2.42. The monoisotopic (exact) mass is 441 g/mol. The molecule has 8 heteroatoms. The third kappa shape index (κ3) is 3.34. The summed E-state index contributed by atoms with van der Waals surface area (Å²) in [6.07, 6.45) is 6.86. The van der Waals surface area contributed by atoms with Crippen LogP contribution in [0.4, 0.5) is 10.6 Å². The lowest BCUT2D eigenvalue weighted by atomic mass is 9.76. The number of nitrogens with zero attached hydrogens (tertiary/aromatic N) is 3. The van der Waals surface area contributed by atoms with Crippen molar-refractivity contribution in [3.8, 4) is 5.69 Å². The van der Waals surface area contributed by atoms with E-state index in [-0.39, 0.29) is 11.9 Å². The molecule has 0 unspecified atom stereocenters. The Morgan fingerprint density at radius 3 is 2.82 bits per heavy atom. The van der Waals surface area contributed by atoms with Crippen LogP contribution in [0, 0.1) is 0 Å². The minimum atomic E-state index is -0.397. The van der Waals surface area contributed by atoms with Crippen LogP contribution in [0.3, 0.4) is 0 Å². The van der Waals surface area contributed by atoms with Gasteiger partial charge in [-0.3, -0.25) is 10.1 Å². The van der Waals surface area contributed by atoms with E-state index in [4.69, 9.17) is 4.42 Å². The predicted molar refractivity (Wildman–Crippen MR) is 123 cm³/mol. The molecule has 2 N–H and O–H groups in total. The largest absolute Gasteiger partial charge is 0.462 e. The highest BCUT2D eigenvalue weighted by molar-refractivity contribution is 5.89. The number of aromatic nitrogens is 2. The number of amides is 3. The second-order valence-corrected chi connectivity index (χ2v) is 8.66. The fourth-order valence-electron chi connectivity index (χ4n) is 5.07. The molecule has 166 valence electrons. The maximum atomic E-state index is 12.9. The van der Waals surface area contributed by atoms with Gasteiger partial charge in [0.15, 0.2) is 11.4 Å². The first-order chi connectivity index (χ1) is 16.1. The molecule has 8 nitrogen and oxygen atoms in total. The SMILES string of the molecule is O=C1Cc2ccccc2C2(CCN(C(=O)Nc3cn(-c4cccc5ccoc45)cn3)CC2)N1. The molecule has 33 heavy (non-hydrogen) atoms. The lowest BCUT2D eigenvalue weighted by molar-refractivity contribution is -0.123. The van der Waals surface area contributed by atoms with Crippen LogP contribution in [0.2, 0.25) is 0 Å². The molecule has 2 aliphatic rings. The van der Waals surface area contributed by atoms with E-state index in [1.807, 2.05) is 47.0 Å². The van der Waals surface area contributed by atoms with Gasteiger partial charge in [-0.15, -0.1) is 0 Å². The van der Waals surface area contributed by atoms with E-state index < -0.39 is 5.54 Å². The molecule has 4 aromatic rings. The van der Waals surface area contributed by atoms with E-state index in [2.05, 4.69) is 21.7 Å². The number of benzene rings is 2. The standard InChI is InChI=1S/C25H23N5O3/c31-22-14-18-4-1-2-6-19(18)25(28-22)9-11-29(12-10-25)24(32)27-21-15-30(16-26-21)20-7-3-5-17-8-13-33-23(17)20/h1-8,13,15-16H,9-12,14H2,(H,27,32)(H,28,31). The van der Waals surface area contributed by atoms with Gasteiger partial charge < -0.3 is 19.2 Å². The molecule has 0 bridgehead atoms. The summed E-state index contributed by atoms with van der Waals surface area (Å²) < 4.78 is 7.44. The van der Waals surface area contributed by atoms with Gasteiger partial charge in [-0.05, 0) is 36.1 Å². The number of fused-ring (bicyclic) bond motifs is 3. The van der Waals surface area contributed by atoms with Crippen LogP contribution in [-0.4, -0.2) is 39.5 Å². The van der Waals surface area contributed by atoms with E-state index in [0.717, 1.165) is 22.2 Å². The van der Waals surface area contributed by atoms with Crippen molar-refractivity contribution in [1.29, 1.82) is 0 Å². The first-order valence-electron chi connectivity index (χ1n) is 11.1. The number of anilines is 1. The fraction of sp³-hybridized carbons (Fsp3) is 0.240. The number of rotatable bonds is 2. The normalized spacial score (nSPS) is 17.1. The summed E-state index contributed by atoms with van der Waals surface area (Å²) in [6, 6.07) is 15.7. The molecular weight excluding hydrogens is 418 g/mol. The van der Waals surface area contributed by atoms with E-state index >= 15 is 0 Å². The fourth-order valence-corrected chi connectivity index (χ4v) is 5.07. The zero-order valence-corrected chi connectivity index (χ0v) is 18.0. The summed E-state index contributed by atoms with van der Waals surface area (Å²) in [6.45, 7) is 1.10. The van der Waals surface area contributed by atoms with Gasteiger partial charge in [0.25, 0.3) is 0 Å². The number of likely N-dealkylation sites (tertiary alicyclic amines) is 1. The van der Waals surface area contributed by atoms with Crippen molar-refractivity contribution < 1.29 is 14.0 Å². The van der Waals surface area contributed by atoms with Crippen molar-refractivity contribution in [3.05, 3.63) is 78.4 Å². The smallest absolute Gasteiger partial charge is 0.323 e. The lowest BCUT2D eigenvalue weighted by Crippen LogP contribution is -2.57. The van der Waals surface area contributed by atoms with Crippen LogP contribution in [-0.2, 0) is 16.8 Å². The van der Waals surface area contributed by atoms with E-state index in [0.29, 0.717) is 38.2 Å². The topological polar surface area (TPSA) is 92.4 Å². The molecule has 1 spiro atoms. The van der Waals surface area contributed by atoms with Crippen LogP contribution in [0.15, 0.2) is 71.7 Å². The van der Waals surface area contributed by atoms with E-state index in [9.17, 15) is 9.59 Å². The van der Waals surface area contributed by atoms with E-state index in [1.54, 1.807) is 23.7 Å². The third-order valence-electron chi connectivity index (χ3n) is 6.72. The van der Waals surface area contributed by atoms with Crippen LogP contribution in [0.1, 0.15) is 24.0 Å². The minimum absolute atomic E-state index is 0.0451. The molecule has 2 aromatic heterocycles. The minimum Gasteiger partial charge on any atom is -0.462 e. The van der Waals surface area contributed by atoms with Crippen LogP contribution < -0.4 is 10.6 Å². The number of furan rings is 1. The number of urea groups is 1. The van der Waals surface area contributed by atoms with Gasteiger partial charge >= 0.3 is 6.03 Å². The predicted octanol–water partition coefficient (Wildman–Crippen LogP) is 3.81. The molecule has 2 aliphatic heterocycles. The van der Waals surface area contributed by atoms with Crippen LogP contribution in [0.25, 0.3) is 16.7 Å². The molecule has 2 aromatic carbocycles. The first-order valence-corrected chi connectivity index (χ1v) is 11.1. The summed E-state index contributed by atoms with van der Waals surface area (Å²) in [7, 11) is 0.